The van der Waals surface area contributed by atoms with E-state index in [0.717, 1.165) is 19.4 Å². The summed E-state index contributed by atoms with van der Waals surface area (Å²) in [5.41, 5.74) is 4.90. The number of hydrogen-bond donors (Lipinski definition) is 1. The predicted octanol–water partition coefficient (Wildman–Crippen LogP) is 3.86. The Balaban J connectivity index is 1.34. The molecule has 0 atom stereocenters. The van der Waals surface area contributed by atoms with Gasteiger partial charge in [0.05, 0.1) is 0 Å². The Morgan fingerprint density at radius 3 is 2.21 bits per heavy atom. The van der Waals surface area contributed by atoms with Crippen LogP contribution in [0.25, 0.3) is 0 Å². The van der Waals surface area contributed by atoms with Crippen LogP contribution in [0, 0.1) is 0 Å². The van der Waals surface area contributed by atoms with E-state index in [0.29, 0.717) is 24.2 Å². The quantitative estimate of drug-likeness (QED) is 0.726. The van der Waals surface area contributed by atoms with Crippen LogP contribution in [-0.4, -0.2) is 29.8 Å². The van der Waals surface area contributed by atoms with Crippen LogP contribution in [0.1, 0.15) is 37.4 Å². The zero-order valence-corrected chi connectivity index (χ0v) is 16.3. The highest BCUT2D eigenvalue weighted by molar-refractivity contribution is 5.97. The first-order valence-corrected chi connectivity index (χ1v) is 9.99. The second kappa shape index (κ2) is 8.74. The molecule has 0 aromatic heterocycles. The first-order chi connectivity index (χ1) is 14.2. The van der Waals surface area contributed by atoms with E-state index in [-0.39, 0.29) is 11.8 Å². The van der Waals surface area contributed by atoms with Crippen LogP contribution in [0.5, 0.6) is 0 Å². The molecule has 29 heavy (non-hydrogen) atoms. The van der Waals surface area contributed by atoms with Gasteiger partial charge in [-0.15, -0.1) is 0 Å². The zero-order chi connectivity index (χ0) is 20.1. The lowest BCUT2D eigenvalue weighted by atomic mass is 9.99. The first kappa shape index (κ1) is 18.9. The molecule has 1 N–H and O–H groups in total. The van der Waals surface area contributed by atoms with Crippen molar-refractivity contribution in [3.8, 4) is 0 Å². The molecule has 0 radical (unpaired) electrons. The normalized spacial score (nSPS) is 12.9. The molecule has 1 aliphatic heterocycles. The van der Waals surface area contributed by atoms with Crippen LogP contribution in [0.15, 0.2) is 78.9 Å². The third kappa shape index (κ3) is 4.54. The second-order valence-corrected chi connectivity index (χ2v) is 7.31. The Morgan fingerprint density at radius 1 is 0.793 bits per heavy atom. The van der Waals surface area contributed by atoms with E-state index in [9.17, 15) is 9.59 Å². The van der Waals surface area contributed by atoms with Crippen LogP contribution in [0.2, 0.25) is 0 Å². The fourth-order valence-corrected chi connectivity index (χ4v) is 3.68. The molecule has 0 bridgehead atoms. The maximum absolute atomic E-state index is 12.8. The predicted molar refractivity (Wildman–Crippen MR) is 114 cm³/mol. The SMILES string of the molecule is O=C(NCCc1ccccc1)c1ccc(C(=O)N2CCc3ccccc3C2)cc1. The number of benzene rings is 3. The molecule has 146 valence electrons. The molecular formula is C25H24N2O2. The summed E-state index contributed by atoms with van der Waals surface area (Å²) in [5, 5.41) is 2.94. The van der Waals surface area contributed by atoms with Crippen molar-refractivity contribution in [3.63, 3.8) is 0 Å². The monoisotopic (exact) mass is 384 g/mol. The molecule has 4 rings (SSSR count). The molecule has 4 nitrogen and oxygen atoms in total. The van der Waals surface area contributed by atoms with Crippen molar-refractivity contribution in [2.75, 3.05) is 13.1 Å². The number of carbonyl (C=O) groups is 2. The lowest BCUT2D eigenvalue weighted by Crippen LogP contribution is -2.36. The molecule has 0 saturated carbocycles. The Hall–Kier alpha value is -3.40. The van der Waals surface area contributed by atoms with Gasteiger partial charge in [0, 0.05) is 30.8 Å². The van der Waals surface area contributed by atoms with Crippen molar-refractivity contribution in [2.24, 2.45) is 0 Å². The van der Waals surface area contributed by atoms with E-state index in [1.807, 2.05) is 47.4 Å². The van der Waals surface area contributed by atoms with Crippen LogP contribution in [0.3, 0.4) is 0 Å². The highest BCUT2D eigenvalue weighted by atomic mass is 16.2. The highest BCUT2D eigenvalue weighted by Crippen LogP contribution is 2.20. The van der Waals surface area contributed by atoms with Crippen molar-refractivity contribution in [2.45, 2.75) is 19.4 Å². The molecule has 0 saturated heterocycles. The number of carbonyl (C=O) groups excluding carboxylic acids is 2. The number of rotatable bonds is 5. The van der Waals surface area contributed by atoms with Gasteiger partial charge in [0.1, 0.15) is 0 Å². The minimum atomic E-state index is -0.119. The van der Waals surface area contributed by atoms with Crippen molar-refractivity contribution in [1.29, 1.82) is 0 Å². The number of nitrogens with one attached hydrogen (secondary N) is 1. The summed E-state index contributed by atoms with van der Waals surface area (Å²) in [7, 11) is 0. The van der Waals surface area contributed by atoms with Gasteiger partial charge in [-0.05, 0) is 53.8 Å². The summed E-state index contributed by atoms with van der Waals surface area (Å²) in [6.45, 7) is 1.94. The van der Waals surface area contributed by atoms with Gasteiger partial charge in [-0.1, -0.05) is 54.6 Å². The van der Waals surface area contributed by atoms with Crippen molar-refractivity contribution < 1.29 is 9.59 Å². The van der Waals surface area contributed by atoms with Gasteiger partial charge in [-0.2, -0.15) is 0 Å². The van der Waals surface area contributed by atoms with Crippen LogP contribution in [0.4, 0.5) is 0 Å². The molecular weight excluding hydrogens is 360 g/mol. The van der Waals surface area contributed by atoms with Gasteiger partial charge in [0.2, 0.25) is 0 Å². The summed E-state index contributed by atoms with van der Waals surface area (Å²) >= 11 is 0. The fourth-order valence-electron chi connectivity index (χ4n) is 3.68. The Labute approximate surface area is 171 Å². The van der Waals surface area contributed by atoms with E-state index in [2.05, 4.69) is 17.4 Å². The first-order valence-electron chi connectivity index (χ1n) is 9.99. The third-order valence-corrected chi connectivity index (χ3v) is 5.35. The summed E-state index contributed by atoms with van der Waals surface area (Å²) in [5.74, 6) is -0.109. The van der Waals surface area contributed by atoms with Crippen LogP contribution >= 0.6 is 0 Å². The van der Waals surface area contributed by atoms with Crippen molar-refractivity contribution in [3.05, 3.63) is 107 Å². The zero-order valence-electron chi connectivity index (χ0n) is 16.3. The van der Waals surface area contributed by atoms with E-state index in [1.54, 1.807) is 24.3 Å². The molecule has 3 aromatic rings. The van der Waals surface area contributed by atoms with E-state index in [4.69, 9.17) is 0 Å². The van der Waals surface area contributed by atoms with Crippen LogP contribution in [-0.2, 0) is 19.4 Å². The minimum Gasteiger partial charge on any atom is -0.352 e. The van der Waals surface area contributed by atoms with Gasteiger partial charge < -0.3 is 10.2 Å². The van der Waals surface area contributed by atoms with Gasteiger partial charge in [-0.25, -0.2) is 0 Å². The van der Waals surface area contributed by atoms with E-state index in [1.165, 1.54) is 16.7 Å². The molecule has 0 fully saturated rings. The molecule has 4 heteroatoms. The Morgan fingerprint density at radius 2 is 1.45 bits per heavy atom. The number of nitrogens with zero attached hydrogens (tertiary/aromatic N) is 1. The third-order valence-electron chi connectivity index (χ3n) is 5.35. The summed E-state index contributed by atoms with van der Waals surface area (Å²) in [6, 6.07) is 25.3. The van der Waals surface area contributed by atoms with Gasteiger partial charge in [0.25, 0.3) is 11.8 Å². The fraction of sp³-hybridized carbons (Fsp3) is 0.200. The molecule has 1 heterocycles. The molecule has 3 aromatic carbocycles. The van der Waals surface area contributed by atoms with Gasteiger partial charge >= 0.3 is 0 Å². The molecule has 2 amide bonds. The highest BCUT2D eigenvalue weighted by Gasteiger charge is 2.21. The maximum Gasteiger partial charge on any atom is 0.254 e. The molecule has 1 aliphatic rings. The lowest BCUT2D eigenvalue weighted by Gasteiger charge is -2.29. The molecule has 0 unspecified atom stereocenters. The number of hydrogen-bond acceptors (Lipinski definition) is 2. The average Bonchev–Trinajstić information content (AvgIpc) is 2.79. The van der Waals surface area contributed by atoms with Crippen molar-refractivity contribution >= 4 is 11.8 Å². The second-order valence-electron chi connectivity index (χ2n) is 7.31. The van der Waals surface area contributed by atoms with E-state index < -0.39 is 0 Å². The number of amides is 2. The van der Waals surface area contributed by atoms with E-state index >= 15 is 0 Å². The minimum absolute atomic E-state index is 0.00976. The molecule has 0 spiro atoms. The summed E-state index contributed by atoms with van der Waals surface area (Å²) in [4.78, 5) is 27.1. The smallest absolute Gasteiger partial charge is 0.254 e. The number of fused-ring (bicyclic) bond motifs is 1. The average molecular weight is 384 g/mol. The summed E-state index contributed by atoms with van der Waals surface area (Å²) < 4.78 is 0. The van der Waals surface area contributed by atoms with Gasteiger partial charge in [0.15, 0.2) is 0 Å². The Bertz CT molecular complexity index is 997. The largest absolute Gasteiger partial charge is 0.352 e. The van der Waals surface area contributed by atoms with Crippen molar-refractivity contribution in [1.82, 2.24) is 10.2 Å². The van der Waals surface area contributed by atoms with Gasteiger partial charge in [-0.3, -0.25) is 9.59 Å². The van der Waals surface area contributed by atoms with Crippen LogP contribution < -0.4 is 5.32 Å². The summed E-state index contributed by atoms with van der Waals surface area (Å²) in [6.07, 6.45) is 1.67. The standard InChI is InChI=1S/C25H24N2O2/c28-24(26-16-14-19-6-2-1-3-7-19)21-10-12-22(13-11-21)25(29)27-17-15-20-8-4-5-9-23(20)18-27/h1-13H,14-18H2,(H,26,28). The maximum atomic E-state index is 12.8. The Kier molecular flexibility index (Phi) is 5.71. The topological polar surface area (TPSA) is 49.4 Å². The lowest BCUT2D eigenvalue weighted by molar-refractivity contribution is 0.0734. The molecule has 0 aliphatic carbocycles.